The number of carbonyl (C=O) groups excluding carboxylic acids is 1. The summed E-state index contributed by atoms with van der Waals surface area (Å²) in [5.74, 6) is -2.40. The van der Waals surface area contributed by atoms with Crippen molar-refractivity contribution in [3.8, 4) is 11.5 Å². The van der Waals surface area contributed by atoms with Gasteiger partial charge in [-0.25, -0.2) is 8.78 Å². The van der Waals surface area contributed by atoms with Crippen LogP contribution < -0.4 is 15.2 Å². The summed E-state index contributed by atoms with van der Waals surface area (Å²) in [6, 6.07) is 6.40. The van der Waals surface area contributed by atoms with Crippen molar-refractivity contribution in [2.24, 2.45) is 0 Å². The van der Waals surface area contributed by atoms with Crippen molar-refractivity contribution in [3.05, 3.63) is 53.1 Å². The van der Waals surface area contributed by atoms with Crippen molar-refractivity contribution in [3.63, 3.8) is 0 Å². The van der Waals surface area contributed by atoms with Gasteiger partial charge >= 0.3 is 0 Å². The molecule has 0 amide bonds. The van der Waals surface area contributed by atoms with E-state index in [9.17, 15) is 13.6 Å². The number of anilines is 1. The molecule has 0 saturated carbocycles. The number of nitrogens with two attached hydrogens (primary N) is 1. The highest BCUT2D eigenvalue weighted by atomic mass is 19.1. The first-order chi connectivity index (χ1) is 9.99. The van der Waals surface area contributed by atoms with Crippen LogP contribution >= 0.6 is 0 Å². The number of methoxy groups -OCH3 is 2. The lowest BCUT2D eigenvalue weighted by atomic mass is 10.0. The molecule has 0 aliphatic rings. The third-order valence-corrected chi connectivity index (χ3v) is 3.00. The molecule has 2 rings (SSSR count). The lowest BCUT2D eigenvalue weighted by Gasteiger charge is -2.11. The zero-order chi connectivity index (χ0) is 15.6. The van der Waals surface area contributed by atoms with Crippen LogP contribution in [0.15, 0.2) is 30.3 Å². The van der Waals surface area contributed by atoms with Gasteiger partial charge < -0.3 is 15.2 Å². The van der Waals surface area contributed by atoms with Crippen molar-refractivity contribution >= 4 is 11.5 Å². The van der Waals surface area contributed by atoms with E-state index in [0.717, 1.165) is 12.1 Å². The van der Waals surface area contributed by atoms with Crippen molar-refractivity contribution in [1.82, 2.24) is 0 Å². The molecule has 2 N–H and O–H groups in total. The molecule has 0 aliphatic carbocycles. The number of carbonyl (C=O) groups is 1. The summed E-state index contributed by atoms with van der Waals surface area (Å²) in [5.41, 5.74) is 4.34. The molecule has 0 aliphatic heterocycles. The quantitative estimate of drug-likeness (QED) is 0.695. The van der Waals surface area contributed by atoms with Gasteiger partial charge in [0.25, 0.3) is 0 Å². The van der Waals surface area contributed by atoms with Gasteiger partial charge in [0.2, 0.25) is 5.78 Å². The van der Waals surface area contributed by atoms with E-state index in [1.807, 2.05) is 0 Å². The Morgan fingerprint density at radius 1 is 1.10 bits per heavy atom. The molecule has 21 heavy (non-hydrogen) atoms. The predicted molar refractivity (Wildman–Crippen MR) is 73.7 cm³/mol. The van der Waals surface area contributed by atoms with Gasteiger partial charge in [0.15, 0.2) is 5.82 Å². The Morgan fingerprint density at radius 2 is 1.81 bits per heavy atom. The maximum Gasteiger partial charge on any atom is 0.202 e. The van der Waals surface area contributed by atoms with Crippen LogP contribution in [0.1, 0.15) is 15.9 Å². The molecule has 110 valence electrons. The minimum atomic E-state index is -1.09. The van der Waals surface area contributed by atoms with E-state index in [1.54, 1.807) is 6.07 Å². The van der Waals surface area contributed by atoms with Crippen LogP contribution in [0.3, 0.4) is 0 Å². The summed E-state index contributed by atoms with van der Waals surface area (Å²) < 4.78 is 37.8. The van der Waals surface area contributed by atoms with Gasteiger partial charge in [-0.3, -0.25) is 4.79 Å². The minimum Gasteiger partial charge on any atom is -0.497 e. The number of rotatable bonds is 4. The van der Waals surface area contributed by atoms with Crippen LogP contribution in [0.5, 0.6) is 11.5 Å². The van der Waals surface area contributed by atoms with Crippen molar-refractivity contribution in [2.45, 2.75) is 0 Å². The zero-order valence-corrected chi connectivity index (χ0v) is 11.4. The van der Waals surface area contributed by atoms with E-state index < -0.39 is 23.0 Å². The molecule has 0 atom stereocenters. The van der Waals surface area contributed by atoms with Gasteiger partial charge in [-0.2, -0.15) is 0 Å². The summed E-state index contributed by atoms with van der Waals surface area (Å²) in [6.07, 6.45) is 0. The van der Waals surface area contributed by atoms with Crippen LogP contribution in [0.2, 0.25) is 0 Å². The highest BCUT2D eigenvalue weighted by Gasteiger charge is 2.24. The first-order valence-corrected chi connectivity index (χ1v) is 5.99. The van der Waals surface area contributed by atoms with Crippen LogP contribution in [0.25, 0.3) is 0 Å². The summed E-state index contributed by atoms with van der Waals surface area (Å²) in [4.78, 5) is 12.4. The Balaban J connectivity index is 2.62. The number of hydrogen-bond donors (Lipinski definition) is 1. The smallest absolute Gasteiger partial charge is 0.202 e. The Labute approximate surface area is 120 Å². The first kappa shape index (κ1) is 14.8. The standard InChI is InChI=1S/C15H13F2NO3/c1-20-8-3-6-12(21-2)9(7-8)15(19)13-10(16)4-5-11(18)14(13)17/h3-7H,18H2,1-2H3. The number of halogens is 2. The SMILES string of the molecule is COc1ccc(OC)c(C(=O)c2c(F)ccc(N)c2F)c1. The number of hydrogen-bond acceptors (Lipinski definition) is 4. The lowest BCUT2D eigenvalue weighted by molar-refractivity contribution is 0.102. The molecular formula is C15H13F2NO3. The summed E-state index contributed by atoms with van der Waals surface area (Å²) in [6.45, 7) is 0. The second-order valence-corrected chi connectivity index (χ2v) is 4.22. The van der Waals surface area contributed by atoms with E-state index in [-0.39, 0.29) is 17.0 Å². The zero-order valence-electron chi connectivity index (χ0n) is 11.4. The number of ketones is 1. The average molecular weight is 293 g/mol. The van der Waals surface area contributed by atoms with Gasteiger partial charge in [-0.15, -0.1) is 0 Å². The molecule has 2 aromatic rings. The summed E-state index contributed by atoms with van der Waals surface area (Å²) in [7, 11) is 2.77. The van der Waals surface area contributed by atoms with E-state index in [1.165, 1.54) is 26.4 Å². The number of benzene rings is 2. The molecule has 0 unspecified atom stereocenters. The summed E-state index contributed by atoms with van der Waals surface area (Å²) >= 11 is 0. The Bertz CT molecular complexity index is 702. The molecular weight excluding hydrogens is 280 g/mol. The molecule has 6 heteroatoms. The molecule has 0 fully saturated rings. The molecule has 0 aromatic heterocycles. The number of ether oxygens (including phenoxy) is 2. The van der Waals surface area contributed by atoms with Gasteiger partial charge in [0.1, 0.15) is 17.3 Å². The lowest BCUT2D eigenvalue weighted by Crippen LogP contribution is -2.11. The monoisotopic (exact) mass is 293 g/mol. The third kappa shape index (κ3) is 2.65. The largest absolute Gasteiger partial charge is 0.497 e. The third-order valence-electron chi connectivity index (χ3n) is 3.00. The Kier molecular flexibility index (Phi) is 4.07. The molecule has 4 nitrogen and oxygen atoms in total. The maximum absolute atomic E-state index is 14.0. The fraction of sp³-hybridized carbons (Fsp3) is 0.133. The van der Waals surface area contributed by atoms with Crippen molar-refractivity contribution in [1.29, 1.82) is 0 Å². The van der Waals surface area contributed by atoms with Crippen LogP contribution in [0.4, 0.5) is 14.5 Å². The molecule has 0 spiro atoms. The molecule has 0 saturated heterocycles. The van der Waals surface area contributed by atoms with Crippen LogP contribution in [0, 0.1) is 11.6 Å². The van der Waals surface area contributed by atoms with Crippen LogP contribution in [-0.2, 0) is 0 Å². The number of nitrogen functional groups attached to an aromatic ring is 1. The topological polar surface area (TPSA) is 61.5 Å². The summed E-state index contributed by atoms with van der Waals surface area (Å²) in [5, 5.41) is 0. The average Bonchev–Trinajstić information content (AvgIpc) is 2.50. The van der Waals surface area contributed by atoms with Gasteiger partial charge in [0.05, 0.1) is 31.0 Å². The van der Waals surface area contributed by atoms with Gasteiger partial charge in [-0.05, 0) is 30.3 Å². The first-order valence-electron chi connectivity index (χ1n) is 5.99. The second kappa shape index (κ2) is 5.78. The van der Waals surface area contributed by atoms with E-state index in [4.69, 9.17) is 15.2 Å². The normalized spacial score (nSPS) is 10.3. The fourth-order valence-electron chi connectivity index (χ4n) is 1.90. The predicted octanol–water partition coefficient (Wildman–Crippen LogP) is 2.80. The Hall–Kier alpha value is -2.63. The van der Waals surface area contributed by atoms with Crippen LogP contribution in [-0.4, -0.2) is 20.0 Å². The Morgan fingerprint density at radius 3 is 2.43 bits per heavy atom. The molecule has 2 aromatic carbocycles. The highest BCUT2D eigenvalue weighted by Crippen LogP contribution is 2.29. The van der Waals surface area contributed by atoms with Gasteiger partial charge in [-0.1, -0.05) is 0 Å². The second-order valence-electron chi connectivity index (χ2n) is 4.22. The fourth-order valence-corrected chi connectivity index (χ4v) is 1.90. The highest BCUT2D eigenvalue weighted by molar-refractivity contribution is 6.11. The van der Waals surface area contributed by atoms with E-state index in [2.05, 4.69) is 0 Å². The molecule has 0 heterocycles. The van der Waals surface area contributed by atoms with Crippen molar-refractivity contribution < 1.29 is 23.0 Å². The molecule has 0 radical (unpaired) electrons. The minimum absolute atomic E-state index is 0.0137. The van der Waals surface area contributed by atoms with Gasteiger partial charge in [0, 0.05) is 0 Å². The van der Waals surface area contributed by atoms with E-state index >= 15 is 0 Å². The maximum atomic E-state index is 14.0. The van der Waals surface area contributed by atoms with Crippen molar-refractivity contribution in [2.75, 3.05) is 20.0 Å². The molecule has 0 bridgehead atoms. The van der Waals surface area contributed by atoms with E-state index in [0.29, 0.717) is 5.75 Å².